The Morgan fingerprint density at radius 2 is 2.18 bits per heavy atom. The van der Waals surface area contributed by atoms with Crippen LogP contribution in [0, 0.1) is 0 Å². The van der Waals surface area contributed by atoms with Crippen molar-refractivity contribution in [1.29, 1.82) is 0 Å². The van der Waals surface area contributed by atoms with E-state index in [0.717, 1.165) is 25.2 Å². The van der Waals surface area contributed by atoms with Crippen LogP contribution in [-0.4, -0.2) is 34.7 Å². The molecular weight excluding hydrogens is 278 g/mol. The molecule has 116 valence electrons. The van der Waals surface area contributed by atoms with Gasteiger partial charge in [-0.25, -0.2) is 0 Å². The van der Waals surface area contributed by atoms with Crippen molar-refractivity contribution in [2.24, 2.45) is 0 Å². The van der Waals surface area contributed by atoms with Gasteiger partial charge in [0.1, 0.15) is 6.10 Å². The van der Waals surface area contributed by atoms with E-state index in [0.29, 0.717) is 18.3 Å². The largest absolute Gasteiger partial charge is 0.367 e. The minimum absolute atomic E-state index is 0.125. The molecule has 0 N–H and O–H groups in total. The number of rotatable bonds is 4. The standard InChI is InChI=1S/C17H21N3O2/c1-3-13(2)17-18-16(19-22-17)15-12-20(9-10-21-15)11-14-7-5-4-6-8-14/h3-8,15H,9-12H2,1-2H3/b13-3+. The molecule has 0 bridgehead atoms. The monoisotopic (exact) mass is 299 g/mol. The third kappa shape index (κ3) is 3.43. The quantitative estimate of drug-likeness (QED) is 0.868. The lowest BCUT2D eigenvalue weighted by Crippen LogP contribution is -2.38. The third-order valence-corrected chi connectivity index (χ3v) is 3.90. The number of allylic oxidation sites excluding steroid dienone is 2. The second-order valence-electron chi connectivity index (χ2n) is 5.51. The van der Waals surface area contributed by atoms with Gasteiger partial charge in [0.2, 0.25) is 5.82 Å². The Hall–Kier alpha value is -1.98. The van der Waals surface area contributed by atoms with Crippen LogP contribution in [0.4, 0.5) is 0 Å². The summed E-state index contributed by atoms with van der Waals surface area (Å²) in [5.41, 5.74) is 2.29. The number of hydrogen-bond acceptors (Lipinski definition) is 5. The van der Waals surface area contributed by atoms with Crippen LogP contribution in [0.5, 0.6) is 0 Å². The van der Waals surface area contributed by atoms with Gasteiger partial charge in [0.25, 0.3) is 5.89 Å². The Labute approximate surface area is 130 Å². The normalized spacial score (nSPS) is 20.3. The van der Waals surface area contributed by atoms with E-state index in [1.165, 1.54) is 5.56 Å². The van der Waals surface area contributed by atoms with Crippen LogP contribution in [0.25, 0.3) is 5.57 Å². The second kappa shape index (κ2) is 6.85. The summed E-state index contributed by atoms with van der Waals surface area (Å²) < 4.78 is 11.1. The molecule has 22 heavy (non-hydrogen) atoms. The topological polar surface area (TPSA) is 51.4 Å². The Kier molecular flexibility index (Phi) is 4.65. The minimum Gasteiger partial charge on any atom is -0.367 e. The van der Waals surface area contributed by atoms with Gasteiger partial charge in [-0.15, -0.1) is 0 Å². The maximum absolute atomic E-state index is 5.81. The number of aromatic nitrogens is 2. The van der Waals surface area contributed by atoms with E-state index in [2.05, 4.69) is 39.3 Å². The molecule has 1 aromatic heterocycles. The highest BCUT2D eigenvalue weighted by atomic mass is 16.5. The molecule has 2 heterocycles. The van der Waals surface area contributed by atoms with E-state index in [9.17, 15) is 0 Å². The summed E-state index contributed by atoms with van der Waals surface area (Å²) in [6.45, 7) is 7.22. The van der Waals surface area contributed by atoms with Crippen molar-refractivity contribution in [3.8, 4) is 0 Å². The van der Waals surface area contributed by atoms with Crippen LogP contribution in [0.2, 0.25) is 0 Å². The zero-order valence-electron chi connectivity index (χ0n) is 13.0. The van der Waals surface area contributed by atoms with Crippen molar-refractivity contribution < 1.29 is 9.26 Å². The molecule has 0 amide bonds. The van der Waals surface area contributed by atoms with Crippen molar-refractivity contribution in [3.63, 3.8) is 0 Å². The molecule has 0 spiro atoms. The smallest absolute Gasteiger partial charge is 0.253 e. The number of hydrogen-bond donors (Lipinski definition) is 0. The van der Waals surface area contributed by atoms with Crippen molar-refractivity contribution in [3.05, 3.63) is 53.7 Å². The lowest BCUT2D eigenvalue weighted by atomic mass is 10.2. The number of morpholine rings is 1. The first-order valence-corrected chi connectivity index (χ1v) is 7.61. The van der Waals surface area contributed by atoms with Crippen LogP contribution in [0.3, 0.4) is 0 Å². The summed E-state index contributed by atoms with van der Waals surface area (Å²) in [6.07, 6.45) is 1.83. The van der Waals surface area contributed by atoms with Gasteiger partial charge in [0.05, 0.1) is 6.61 Å². The van der Waals surface area contributed by atoms with Crippen molar-refractivity contribution >= 4 is 5.57 Å². The fourth-order valence-corrected chi connectivity index (χ4v) is 2.49. The maximum atomic E-state index is 5.81. The molecule has 1 unspecified atom stereocenters. The summed E-state index contributed by atoms with van der Waals surface area (Å²) in [5, 5.41) is 4.07. The molecule has 2 aromatic rings. The molecule has 5 nitrogen and oxygen atoms in total. The lowest BCUT2D eigenvalue weighted by Gasteiger charge is -2.31. The molecule has 1 aromatic carbocycles. The van der Waals surface area contributed by atoms with Crippen LogP contribution < -0.4 is 0 Å². The van der Waals surface area contributed by atoms with Gasteiger partial charge in [0.15, 0.2) is 0 Å². The number of benzene rings is 1. The summed E-state index contributed by atoms with van der Waals surface area (Å²) in [5.74, 6) is 1.20. The molecule has 0 radical (unpaired) electrons. The summed E-state index contributed by atoms with van der Waals surface area (Å²) >= 11 is 0. The highest BCUT2D eigenvalue weighted by Crippen LogP contribution is 2.22. The summed E-state index contributed by atoms with van der Waals surface area (Å²) in [4.78, 5) is 6.81. The van der Waals surface area contributed by atoms with Crippen molar-refractivity contribution in [2.75, 3.05) is 19.7 Å². The van der Waals surface area contributed by atoms with Gasteiger partial charge >= 0.3 is 0 Å². The van der Waals surface area contributed by atoms with Gasteiger partial charge < -0.3 is 9.26 Å². The first-order valence-electron chi connectivity index (χ1n) is 7.61. The van der Waals surface area contributed by atoms with Gasteiger partial charge in [-0.1, -0.05) is 41.6 Å². The first kappa shape index (κ1) is 14.9. The van der Waals surface area contributed by atoms with E-state index in [-0.39, 0.29) is 6.10 Å². The van der Waals surface area contributed by atoms with Gasteiger partial charge in [-0.2, -0.15) is 4.98 Å². The van der Waals surface area contributed by atoms with E-state index in [1.807, 2.05) is 26.0 Å². The van der Waals surface area contributed by atoms with Crippen LogP contribution in [0.15, 0.2) is 40.9 Å². The molecule has 1 saturated heterocycles. The first-order chi connectivity index (χ1) is 10.8. The number of nitrogens with zero attached hydrogens (tertiary/aromatic N) is 3. The van der Waals surface area contributed by atoms with Crippen LogP contribution in [-0.2, 0) is 11.3 Å². The average molecular weight is 299 g/mol. The fraction of sp³-hybridized carbons (Fsp3) is 0.412. The summed E-state index contributed by atoms with van der Waals surface area (Å²) in [6, 6.07) is 10.5. The van der Waals surface area contributed by atoms with Gasteiger partial charge in [-0.05, 0) is 19.4 Å². The van der Waals surface area contributed by atoms with E-state index >= 15 is 0 Å². The molecule has 1 atom stereocenters. The Morgan fingerprint density at radius 1 is 1.36 bits per heavy atom. The molecule has 1 aliphatic rings. The molecule has 1 aliphatic heterocycles. The zero-order chi connectivity index (χ0) is 15.4. The maximum Gasteiger partial charge on any atom is 0.253 e. The molecule has 5 heteroatoms. The zero-order valence-corrected chi connectivity index (χ0v) is 13.0. The van der Waals surface area contributed by atoms with Crippen molar-refractivity contribution in [2.45, 2.75) is 26.5 Å². The molecule has 3 rings (SSSR count). The molecule has 1 fully saturated rings. The molecule has 0 saturated carbocycles. The highest BCUT2D eigenvalue weighted by Gasteiger charge is 2.26. The Morgan fingerprint density at radius 3 is 2.95 bits per heavy atom. The predicted molar refractivity (Wildman–Crippen MR) is 84.0 cm³/mol. The van der Waals surface area contributed by atoms with Crippen molar-refractivity contribution in [1.82, 2.24) is 15.0 Å². The second-order valence-corrected chi connectivity index (χ2v) is 5.51. The predicted octanol–water partition coefficient (Wildman–Crippen LogP) is 3.07. The van der Waals surface area contributed by atoms with Gasteiger partial charge in [0, 0.05) is 25.2 Å². The lowest BCUT2D eigenvalue weighted by molar-refractivity contribution is -0.0380. The Balaban J connectivity index is 1.66. The van der Waals surface area contributed by atoms with Crippen LogP contribution in [0.1, 0.15) is 37.2 Å². The summed E-state index contributed by atoms with van der Waals surface area (Å²) in [7, 11) is 0. The fourth-order valence-electron chi connectivity index (χ4n) is 2.49. The molecule has 0 aliphatic carbocycles. The van der Waals surface area contributed by atoms with Crippen LogP contribution >= 0.6 is 0 Å². The highest BCUT2D eigenvalue weighted by molar-refractivity contribution is 5.54. The third-order valence-electron chi connectivity index (χ3n) is 3.90. The number of ether oxygens (including phenoxy) is 1. The van der Waals surface area contributed by atoms with E-state index < -0.39 is 0 Å². The van der Waals surface area contributed by atoms with Gasteiger partial charge in [-0.3, -0.25) is 4.90 Å². The van der Waals surface area contributed by atoms with E-state index in [1.54, 1.807) is 0 Å². The molecular formula is C17H21N3O2. The SMILES string of the molecule is C/C=C(\C)c1nc(C2CN(Cc3ccccc3)CCO2)no1. The van der Waals surface area contributed by atoms with E-state index in [4.69, 9.17) is 9.26 Å². The minimum atomic E-state index is -0.125. The average Bonchev–Trinajstić information content (AvgIpc) is 3.05. The Bertz CT molecular complexity index is 636.